The molecule has 0 bridgehead atoms. The first kappa shape index (κ1) is 36.1. The van der Waals surface area contributed by atoms with Gasteiger partial charge in [-0.2, -0.15) is 0 Å². The summed E-state index contributed by atoms with van der Waals surface area (Å²) < 4.78 is 4.91. The number of hydrogen-bond donors (Lipinski definition) is 0. The van der Waals surface area contributed by atoms with Crippen molar-refractivity contribution in [2.24, 2.45) is 0 Å². The van der Waals surface area contributed by atoms with Crippen LogP contribution in [0.5, 0.6) is 0 Å². The molecule has 13 aromatic rings. The van der Waals surface area contributed by atoms with Crippen LogP contribution in [0.2, 0.25) is 0 Å². The van der Waals surface area contributed by atoms with Crippen molar-refractivity contribution < 1.29 is 0 Å². The minimum Gasteiger partial charge on any atom is -0.307 e. The van der Waals surface area contributed by atoms with Crippen molar-refractivity contribution in [3.8, 4) is 56.4 Å². The Labute approximate surface area is 369 Å². The third kappa shape index (κ3) is 5.84. The van der Waals surface area contributed by atoms with Crippen molar-refractivity contribution in [3.63, 3.8) is 0 Å². The van der Waals surface area contributed by atoms with Gasteiger partial charge in [-0.15, -0.1) is 0 Å². The van der Waals surface area contributed by atoms with Crippen molar-refractivity contribution in [2.75, 3.05) is 0 Å². The fraction of sp³-hybridized carbons (Fsp3) is 0. The molecular weight excluding hydrogens is 777 g/mol. The Bertz CT molecular complexity index is 3850. The molecule has 0 spiro atoms. The van der Waals surface area contributed by atoms with Crippen molar-refractivity contribution >= 4 is 65.2 Å². The molecule has 64 heavy (non-hydrogen) atoms. The molecule has 13 rings (SSSR count). The third-order valence-electron chi connectivity index (χ3n) is 12.9. The molecule has 0 saturated heterocycles. The van der Waals surface area contributed by atoms with Gasteiger partial charge in [0.05, 0.1) is 33.5 Å². The SMILES string of the molecule is c1ccc(-c2ccc(-n3c4ccccc4c4ccc5c6ccccc6n(-c6cccc(-c7cc(-c8ccc9ccccc9c8)nc(-c8ccc9ccccc9c8)n7)c6)c5c43)cc2)cc1. The minimum absolute atomic E-state index is 0.693. The first-order valence-electron chi connectivity index (χ1n) is 21.8. The van der Waals surface area contributed by atoms with Gasteiger partial charge in [0.25, 0.3) is 0 Å². The van der Waals surface area contributed by atoms with E-state index in [0.29, 0.717) is 5.82 Å². The predicted molar refractivity (Wildman–Crippen MR) is 267 cm³/mol. The molecule has 4 nitrogen and oxygen atoms in total. The average Bonchev–Trinajstić information content (AvgIpc) is 3.89. The molecule has 4 heteroatoms. The Morgan fingerprint density at radius 3 is 1.38 bits per heavy atom. The highest BCUT2D eigenvalue weighted by atomic mass is 15.0. The molecule has 0 N–H and O–H groups in total. The van der Waals surface area contributed by atoms with Crippen LogP contribution in [0.1, 0.15) is 0 Å². The van der Waals surface area contributed by atoms with Gasteiger partial charge >= 0.3 is 0 Å². The van der Waals surface area contributed by atoms with Crippen LogP contribution in [0.15, 0.2) is 231 Å². The molecular formula is C60H38N4. The highest BCUT2D eigenvalue weighted by Crippen LogP contribution is 2.42. The van der Waals surface area contributed by atoms with E-state index in [-0.39, 0.29) is 0 Å². The topological polar surface area (TPSA) is 35.6 Å². The van der Waals surface area contributed by atoms with Crippen LogP contribution in [0.4, 0.5) is 0 Å². The molecule has 3 heterocycles. The number of para-hydroxylation sites is 2. The first-order valence-corrected chi connectivity index (χ1v) is 21.8. The number of hydrogen-bond acceptors (Lipinski definition) is 2. The van der Waals surface area contributed by atoms with Gasteiger partial charge < -0.3 is 9.13 Å². The Hall–Kier alpha value is -8.60. The van der Waals surface area contributed by atoms with Crippen LogP contribution >= 0.6 is 0 Å². The second kappa shape index (κ2) is 14.5. The summed E-state index contributed by atoms with van der Waals surface area (Å²) in [5, 5.41) is 9.58. The van der Waals surface area contributed by atoms with E-state index in [2.05, 4.69) is 240 Å². The van der Waals surface area contributed by atoms with E-state index < -0.39 is 0 Å². The van der Waals surface area contributed by atoms with Gasteiger partial charge in [0.2, 0.25) is 0 Å². The number of nitrogens with zero attached hydrogens (tertiary/aromatic N) is 4. The van der Waals surface area contributed by atoms with Crippen LogP contribution in [-0.2, 0) is 0 Å². The van der Waals surface area contributed by atoms with Gasteiger partial charge in [-0.25, -0.2) is 9.97 Å². The lowest BCUT2D eigenvalue weighted by Crippen LogP contribution is -2.00. The van der Waals surface area contributed by atoms with Crippen molar-refractivity contribution in [1.82, 2.24) is 19.1 Å². The lowest BCUT2D eigenvalue weighted by atomic mass is 10.0. The smallest absolute Gasteiger partial charge is 0.160 e. The van der Waals surface area contributed by atoms with Gasteiger partial charge in [0.1, 0.15) is 0 Å². The van der Waals surface area contributed by atoms with Gasteiger partial charge in [-0.1, -0.05) is 176 Å². The van der Waals surface area contributed by atoms with E-state index in [4.69, 9.17) is 9.97 Å². The Morgan fingerprint density at radius 2 is 0.734 bits per heavy atom. The second-order valence-corrected chi connectivity index (χ2v) is 16.6. The summed E-state index contributed by atoms with van der Waals surface area (Å²) in [7, 11) is 0. The molecule has 0 aliphatic carbocycles. The monoisotopic (exact) mass is 814 g/mol. The van der Waals surface area contributed by atoms with E-state index in [1.807, 2.05) is 0 Å². The fourth-order valence-electron chi connectivity index (χ4n) is 9.82. The molecule has 298 valence electrons. The van der Waals surface area contributed by atoms with Crippen LogP contribution in [-0.4, -0.2) is 19.1 Å². The highest BCUT2D eigenvalue weighted by molar-refractivity contribution is 6.23. The van der Waals surface area contributed by atoms with E-state index in [1.54, 1.807) is 0 Å². The molecule has 0 radical (unpaired) electrons. The van der Waals surface area contributed by atoms with Crippen LogP contribution in [0.25, 0.3) is 122 Å². The van der Waals surface area contributed by atoms with E-state index in [9.17, 15) is 0 Å². The standard InChI is InChI=1S/C60H38N4/c1-2-13-39(14-3-1)42-29-31-48(32-30-42)63-56-23-10-8-21-50(56)52-33-34-53-51-22-9-11-24-57(51)64(59(53)58(52)63)49-20-12-19-45(37-49)54-38-55(46-27-25-40-15-4-6-17-43(40)35-46)62-60(61-54)47-28-26-41-16-5-7-18-44(41)36-47/h1-38H. The van der Waals surface area contributed by atoms with E-state index in [0.717, 1.165) is 55.9 Å². The zero-order valence-electron chi connectivity index (χ0n) is 34.7. The lowest BCUT2D eigenvalue weighted by molar-refractivity contribution is 1.15. The van der Waals surface area contributed by atoms with Crippen molar-refractivity contribution in [3.05, 3.63) is 231 Å². The molecule has 0 atom stereocenters. The molecule has 0 aliphatic rings. The van der Waals surface area contributed by atoms with Gasteiger partial charge in [0, 0.05) is 49.6 Å². The zero-order valence-corrected chi connectivity index (χ0v) is 34.7. The van der Waals surface area contributed by atoms with Gasteiger partial charge in [0.15, 0.2) is 5.82 Å². The summed E-state index contributed by atoms with van der Waals surface area (Å²) in [4.78, 5) is 10.6. The number of aromatic nitrogens is 4. The lowest BCUT2D eigenvalue weighted by Gasteiger charge is -2.14. The van der Waals surface area contributed by atoms with Crippen molar-refractivity contribution in [2.45, 2.75) is 0 Å². The molecule has 0 fully saturated rings. The summed E-state index contributed by atoms with van der Waals surface area (Å²) in [6, 6.07) is 82.8. The quantitative estimate of drug-likeness (QED) is 0.168. The maximum atomic E-state index is 5.35. The predicted octanol–water partition coefficient (Wildman–Crippen LogP) is 15.6. The summed E-state index contributed by atoms with van der Waals surface area (Å²) in [6.07, 6.45) is 0. The number of rotatable bonds is 6. The Balaban J connectivity index is 1.04. The zero-order chi connectivity index (χ0) is 42.1. The first-order chi connectivity index (χ1) is 31.7. The van der Waals surface area contributed by atoms with E-state index in [1.165, 1.54) is 59.9 Å². The molecule has 0 aliphatic heterocycles. The number of fused-ring (bicyclic) bond motifs is 9. The van der Waals surface area contributed by atoms with Crippen LogP contribution in [0.3, 0.4) is 0 Å². The summed E-state index contributed by atoms with van der Waals surface area (Å²) in [5.41, 5.74) is 14.0. The molecule has 0 saturated carbocycles. The average molecular weight is 815 g/mol. The summed E-state index contributed by atoms with van der Waals surface area (Å²) >= 11 is 0. The third-order valence-corrected chi connectivity index (χ3v) is 12.9. The van der Waals surface area contributed by atoms with Crippen LogP contribution < -0.4 is 0 Å². The molecule has 0 amide bonds. The van der Waals surface area contributed by atoms with Crippen molar-refractivity contribution in [1.29, 1.82) is 0 Å². The number of benzene rings is 10. The largest absolute Gasteiger partial charge is 0.307 e. The second-order valence-electron chi connectivity index (χ2n) is 16.6. The normalized spacial score (nSPS) is 11.8. The maximum absolute atomic E-state index is 5.35. The van der Waals surface area contributed by atoms with E-state index >= 15 is 0 Å². The molecule has 0 unspecified atom stereocenters. The van der Waals surface area contributed by atoms with Crippen LogP contribution in [0, 0.1) is 0 Å². The van der Waals surface area contributed by atoms with Gasteiger partial charge in [-0.05, 0) is 87.3 Å². The highest BCUT2D eigenvalue weighted by Gasteiger charge is 2.22. The minimum atomic E-state index is 0.693. The Kier molecular flexibility index (Phi) is 8.18. The fourth-order valence-corrected chi connectivity index (χ4v) is 9.82. The summed E-state index contributed by atoms with van der Waals surface area (Å²) in [6.45, 7) is 0. The van der Waals surface area contributed by atoms with Gasteiger partial charge in [-0.3, -0.25) is 0 Å². The Morgan fingerprint density at radius 1 is 0.266 bits per heavy atom. The summed E-state index contributed by atoms with van der Waals surface area (Å²) in [5.74, 6) is 0.693. The molecule has 3 aromatic heterocycles. The molecule has 10 aromatic carbocycles. The maximum Gasteiger partial charge on any atom is 0.160 e.